The van der Waals surface area contributed by atoms with Crippen molar-refractivity contribution in [1.29, 1.82) is 0 Å². The van der Waals surface area contributed by atoms with Crippen LogP contribution in [-0.4, -0.2) is 6.54 Å². The Bertz CT molecular complexity index is 984. The number of para-hydroxylation sites is 2. The molecule has 0 radical (unpaired) electrons. The Balaban J connectivity index is 1.38. The lowest BCUT2D eigenvalue weighted by Gasteiger charge is -2.34. The van der Waals surface area contributed by atoms with Crippen molar-refractivity contribution in [3.8, 4) is 0 Å². The third kappa shape index (κ3) is 5.07. The second kappa shape index (κ2) is 9.75. The van der Waals surface area contributed by atoms with E-state index in [2.05, 4.69) is 112 Å². The molecule has 1 heterocycles. The van der Waals surface area contributed by atoms with Crippen molar-refractivity contribution in [2.75, 3.05) is 11.4 Å². The van der Waals surface area contributed by atoms with Gasteiger partial charge in [-0.25, -0.2) is 0 Å². The lowest BCUT2D eigenvalue weighted by atomic mass is 9.70. The molecule has 168 valence electrons. The standard InChI is InChI=1S/C30H37NS/c1-22(2)29(30(3,4)5)24-19-17-23(18-20-24)12-10-11-21-31-25-13-6-8-15-27(25)32-28-16-9-7-14-26(28)31/h6-9,13-20,22,29H,10-12,21H2,1-5H3. The first kappa shape index (κ1) is 23.0. The molecule has 0 N–H and O–H groups in total. The SMILES string of the molecule is CC(C)C(c1ccc(CCCCN2c3ccccc3Sc3ccccc32)cc1)C(C)(C)C. The van der Waals surface area contributed by atoms with Crippen LogP contribution >= 0.6 is 11.8 Å². The van der Waals surface area contributed by atoms with E-state index < -0.39 is 0 Å². The highest BCUT2D eigenvalue weighted by Crippen LogP contribution is 2.47. The van der Waals surface area contributed by atoms with Crippen LogP contribution in [0.3, 0.4) is 0 Å². The molecule has 0 saturated carbocycles. The van der Waals surface area contributed by atoms with Gasteiger partial charge in [0.2, 0.25) is 0 Å². The van der Waals surface area contributed by atoms with Gasteiger partial charge in [-0.2, -0.15) is 0 Å². The van der Waals surface area contributed by atoms with Gasteiger partial charge in [-0.1, -0.05) is 94.9 Å². The molecule has 1 aliphatic rings. The minimum absolute atomic E-state index is 0.287. The van der Waals surface area contributed by atoms with Gasteiger partial charge in [0.25, 0.3) is 0 Å². The van der Waals surface area contributed by atoms with E-state index in [1.165, 1.54) is 45.1 Å². The third-order valence-corrected chi connectivity index (χ3v) is 7.70. The van der Waals surface area contributed by atoms with Gasteiger partial charge in [0.05, 0.1) is 11.4 Å². The summed E-state index contributed by atoms with van der Waals surface area (Å²) in [5.74, 6) is 1.24. The molecule has 0 aromatic heterocycles. The molecule has 0 spiro atoms. The maximum atomic E-state index is 2.51. The van der Waals surface area contributed by atoms with Crippen LogP contribution in [0.2, 0.25) is 0 Å². The van der Waals surface area contributed by atoms with Gasteiger partial charge in [-0.05, 0) is 71.9 Å². The average Bonchev–Trinajstić information content (AvgIpc) is 2.76. The molecule has 0 aliphatic carbocycles. The van der Waals surface area contributed by atoms with E-state index in [0.29, 0.717) is 11.8 Å². The summed E-state index contributed by atoms with van der Waals surface area (Å²) in [7, 11) is 0. The largest absolute Gasteiger partial charge is 0.340 e. The van der Waals surface area contributed by atoms with E-state index in [9.17, 15) is 0 Å². The molecule has 1 nitrogen and oxygen atoms in total. The number of hydrogen-bond donors (Lipinski definition) is 0. The van der Waals surface area contributed by atoms with Crippen molar-refractivity contribution in [3.05, 3.63) is 83.9 Å². The van der Waals surface area contributed by atoms with Gasteiger partial charge in [-0.15, -0.1) is 0 Å². The maximum Gasteiger partial charge on any atom is 0.0552 e. The van der Waals surface area contributed by atoms with E-state index in [1.54, 1.807) is 0 Å². The van der Waals surface area contributed by atoms with Gasteiger partial charge in [0.1, 0.15) is 0 Å². The number of aryl methyl sites for hydroxylation is 1. The second-order valence-corrected chi connectivity index (χ2v) is 11.6. The summed E-state index contributed by atoms with van der Waals surface area (Å²) in [6.45, 7) is 12.8. The minimum Gasteiger partial charge on any atom is -0.340 e. The van der Waals surface area contributed by atoms with E-state index in [-0.39, 0.29) is 5.41 Å². The molecule has 1 aliphatic heterocycles. The zero-order valence-corrected chi connectivity index (χ0v) is 21.1. The summed E-state index contributed by atoms with van der Waals surface area (Å²) in [4.78, 5) is 5.24. The van der Waals surface area contributed by atoms with Gasteiger partial charge in [-0.3, -0.25) is 0 Å². The number of fused-ring (bicyclic) bond motifs is 2. The molecule has 0 amide bonds. The van der Waals surface area contributed by atoms with Crippen LogP contribution < -0.4 is 4.90 Å². The molecule has 4 rings (SSSR count). The van der Waals surface area contributed by atoms with Crippen molar-refractivity contribution < 1.29 is 0 Å². The second-order valence-electron chi connectivity index (χ2n) is 10.5. The minimum atomic E-state index is 0.287. The predicted molar refractivity (Wildman–Crippen MR) is 140 cm³/mol. The Morgan fingerprint density at radius 1 is 0.750 bits per heavy atom. The Kier molecular flexibility index (Phi) is 7.00. The highest BCUT2D eigenvalue weighted by atomic mass is 32.2. The number of rotatable bonds is 7. The summed E-state index contributed by atoms with van der Waals surface area (Å²) < 4.78 is 0. The first-order chi connectivity index (χ1) is 15.3. The summed E-state index contributed by atoms with van der Waals surface area (Å²) in [5, 5.41) is 0. The lowest BCUT2D eigenvalue weighted by Crippen LogP contribution is -2.23. The predicted octanol–water partition coefficient (Wildman–Crippen LogP) is 9.10. The van der Waals surface area contributed by atoms with Crippen LogP contribution in [0.1, 0.15) is 64.5 Å². The van der Waals surface area contributed by atoms with Crippen LogP contribution in [0.5, 0.6) is 0 Å². The first-order valence-electron chi connectivity index (χ1n) is 12.1. The third-order valence-electron chi connectivity index (χ3n) is 6.57. The average molecular weight is 444 g/mol. The van der Waals surface area contributed by atoms with E-state index in [0.717, 1.165) is 13.0 Å². The van der Waals surface area contributed by atoms with Gasteiger partial charge >= 0.3 is 0 Å². The zero-order chi connectivity index (χ0) is 22.7. The van der Waals surface area contributed by atoms with Crippen LogP contribution in [0, 0.1) is 11.3 Å². The fourth-order valence-corrected chi connectivity index (χ4v) is 6.49. The number of unbranched alkanes of at least 4 members (excludes halogenated alkanes) is 1. The smallest absolute Gasteiger partial charge is 0.0552 e. The molecule has 1 atom stereocenters. The van der Waals surface area contributed by atoms with E-state index >= 15 is 0 Å². The molecule has 3 aromatic rings. The number of nitrogens with zero attached hydrogens (tertiary/aromatic N) is 1. The molecule has 0 saturated heterocycles. The van der Waals surface area contributed by atoms with Crippen molar-refractivity contribution >= 4 is 23.1 Å². The lowest BCUT2D eigenvalue weighted by molar-refractivity contribution is 0.258. The number of benzene rings is 3. The van der Waals surface area contributed by atoms with Crippen LogP contribution in [0.15, 0.2) is 82.6 Å². The number of anilines is 2. The van der Waals surface area contributed by atoms with Gasteiger partial charge in [0, 0.05) is 16.3 Å². The molecule has 0 fully saturated rings. The molecule has 0 bridgehead atoms. The van der Waals surface area contributed by atoms with Gasteiger partial charge in [0.15, 0.2) is 0 Å². The van der Waals surface area contributed by atoms with Crippen molar-refractivity contribution in [1.82, 2.24) is 0 Å². The highest BCUT2D eigenvalue weighted by Gasteiger charge is 2.28. The van der Waals surface area contributed by atoms with Gasteiger partial charge < -0.3 is 4.90 Å². The van der Waals surface area contributed by atoms with Crippen LogP contribution in [0.4, 0.5) is 11.4 Å². The van der Waals surface area contributed by atoms with Crippen LogP contribution in [-0.2, 0) is 6.42 Å². The Hall–Kier alpha value is -2.19. The fourth-order valence-electron chi connectivity index (χ4n) is 5.40. The topological polar surface area (TPSA) is 3.24 Å². The van der Waals surface area contributed by atoms with E-state index in [1.807, 2.05) is 11.8 Å². The summed E-state index contributed by atoms with van der Waals surface area (Å²) >= 11 is 1.89. The summed E-state index contributed by atoms with van der Waals surface area (Å²) in [5.41, 5.74) is 5.93. The quantitative estimate of drug-likeness (QED) is 0.335. The zero-order valence-electron chi connectivity index (χ0n) is 20.3. The monoisotopic (exact) mass is 443 g/mol. The number of hydrogen-bond acceptors (Lipinski definition) is 2. The normalized spacial score (nSPS) is 14.2. The van der Waals surface area contributed by atoms with Crippen molar-refractivity contribution in [2.45, 2.75) is 69.6 Å². The Labute approximate surface area is 199 Å². The fraction of sp³-hybridized carbons (Fsp3) is 0.400. The van der Waals surface area contributed by atoms with E-state index in [4.69, 9.17) is 0 Å². The molecule has 2 heteroatoms. The Morgan fingerprint density at radius 3 is 1.84 bits per heavy atom. The highest BCUT2D eigenvalue weighted by molar-refractivity contribution is 7.99. The molecular weight excluding hydrogens is 406 g/mol. The molecule has 1 unspecified atom stereocenters. The van der Waals surface area contributed by atoms with Crippen molar-refractivity contribution in [3.63, 3.8) is 0 Å². The molecule has 32 heavy (non-hydrogen) atoms. The molecular formula is C30H37NS. The van der Waals surface area contributed by atoms with Crippen LogP contribution in [0.25, 0.3) is 0 Å². The Morgan fingerprint density at radius 2 is 1.31 bits per heavy atom. The summed E-state index contributed by atoms with van der Waals surface area (Å²) in [6, 6.07) is 27.1. The van der Waals surface area contributed by atoms with Crippen molar-refractivity contribution in [2.24, 2.45) is 11.3 Å². The molecule has 3 aromatic carbocycles. The maximum absolute atomic E-state index is 2.51. The summed E-state index contributed by atoms with van der Waals surface area (Å²) in [6.07, 6.45) is 3.54. The first-order valence-corrected chi connectivity index (χ1v) is 12.9.